The SMILES string of the molecule is CC(CCN=C=O)CC(C)(C)COC#N.CC(COC#N)CC(C)(C)CCN=C=O.N#COCCCCCCN=C=O. The number of unbranched alkanes of at least 4 members (excludes halogenated alkanes) is 3. The van der Waals surface area contributed by atoms with E-state index in [4.69, 9.17) is 20.5 Å². The molecule has 12 heteroatoms. The van der Waals surface area contributed by atoms with Gasteiger partial charge in [-0.05, 0) is 62.2 Å². The van der Waals surface area contributed by atoms with Crippen molar-refractivity contribution in [1.82, 2.24) is 0 Å². The molecule has 0 aliphatic heterocycles. The van der Waals surface area contributed by atoms with Gasteiger partial charge in [0.05, 0.1) is 19.6 Å². The molecule has 0 aromatic rings. The lowest BCUT2D eigenvalue weighted by Crippen LogP contribution is -2.21. The third-order valence-electron chi connectivity index (χ3n) is 5.92. The topological polar surface area (TPSA) is 187 Å². The van der Waals surface area contributed by atoms with Crippen LogP contribution in [0.15, 0.2) is 15.0 Å². The van der Waals surface area contributed by atoms with Gasteiger partial charge in [-0.3, -0.25) is 0 Å². The van der Waals surface area contributed by atoms with Crippen molar-refractivity contribution in [3.8, 4) is 18.8 Å². The van der Waals surface area contributed by atoms with Crippen molar-refractivity contribution >= 4 is 18.2 Å². The molecule has 0 bridgehead atoms. The van der Waals surface area contributed by atoms with E-state index in [2.05, 4.69) is 59.1 Å². The van der Waals surface area contributed by atoms with Crippen molar-refractivity contribution in [2.24, 2.45) is 37.6 Å². The first-order valence-corrected chi connectivity index (χ1v) is 14.1. The molecule has 0 saturated heterocycles. The van der Waals surface area contributed by atoms with Gasteiger partial charge in [-0.1, -0.05) is 48.0 Å². The minimum absolute atomic E-state index is 0.0138. The zero-order valence-corrected chi connectivity index (χ0v) is 26.2. The summed E-state index contributed by atoms with van der Waals surface area (Å²) in [5.74, 6) is 0.791. The average molecular weight is 589 g/mol. The molecule has 0 amide bonds. The lowest BCUT2D eigenvalue weighted by atomic mass is 9.81. The molecule has 2 atom stereocenters. The number of hydrogen-bond donors (Lipinski definition) is 0. The quantitative estimate of drug-likeness (QED) is 0.0680. The maximum Gasteiger partial charge on any atom is 0.286 e. The molecule has 0 aliphatic carbocycles. The molecule has 0 N–H and O–H groups in total. The molecule has 0 fully saturated rings. The predicted octanol–water partition coefficient (Wildman–Crippen LogP) is 5.91. The number of rotatable bonds is 21. The van der Waals surface area contributed by atoms with Crippen molar-refractivity contribution in [2.75, 3.05) is 39.5 Å². The zero-order chi connectivity index (χ0) is 32.5. The highest BCUT2D eigenvalue weighted by atomic mass is 16.5. The first kappa shape index (κ1) is 42.5. The Kier molecular flexibility index (Phi) is 30.3. The highest BCUT2D eigenvalue weighted by molar-refractivity contribution is 5.33. The first-order valence-electron chi connectivity index (χ1n) is 14.1. The monoisotopic (exact) mass is 588 g/mol. The van der Waals surface area contributed by atoms with Gasteiger partial charge in [-0.2, -0.15) is 15.8 Å². The molecule has 42 heavy (non-hydrogen) atoms. The van der Waals surface area contributed by atoms with Crippen LogP contribution in [0.1, 0.15) is 92.9 Å². The van der Waals surface area contributed by atoms with Crippen molar-refractivity contribution in [1.29, 1.82) is 15.8 Å². The van der Waals surface area contributed by atoms with Gasteiger partial charge < -0.3 is 14.2 Å². The Balaban J connectivity index is -0.000000547. The lowest BCUT2D eigenvalue weighted by molar-refractivity contribution is 0.124. The first-order chi connectivity index (χ1) is 19.9. The largest absolute Gasteiger partial charge is 0.428 e. The van der Waals surface area contributed by atoms with Crippen molar-refractivity contribution in [3.05, 3.63) is 0 Å². The fourth-order valence-corrected chi connectivity index (χ4v) is 4.16. The summed E-state index contributed by atoms with van der Waals surface area (Å²) >= 11 is 0. The van der Waals surface area contributed by atoms with Gasteiger partial charge in [0.15, 0.2) is 0 Å². The minimum atomic E-state index is -0.0138. The second-order valence-electron chi connectivity index (χ2n) is 11.5. The van der Waals surface area contributed by atoms with Crippen LogP contribution in [0, 0.1) is 57.2 Å². The second kappa shape index (κ2) is 30.0. The van der Waals surface area contributed by atoms with Crippen LogP contribution in [0.3, 0.4) is 0 Å². The Labute approximate surface area is 251 Å². The number of aliphatic imine (C=N–C) groups is 3. The van der Waals surface area contributed by atoms with Gasteiger partial charge in [-0.25, -0.2) is 29.4 Å². The van der Waals surface area contributed by atoms with Crippen LogP contribution in [0.2, 0.25) is 0 Å². The van der Waals surface area contributed by atoms with Crippen LogP contribution in [0.5, 0.6) is 0 Å². The standard InChI is InChI=1S/2C11H18N2O2.C8H12N2O2/c1-10(7-15-8-12)6-11(2,3)4-5-13-9-14;1-10(4-5-13-9-14)6-11(2,3)7-15-8-12;9-7-12-6-4-2-1-3-5-10-8-11/h2*10H,4-7H2,1-3H3;1-6H2. The van der Waals surface area contributed by atoms with Crippen molar-refractivity contribution in [3.63, 3.8) is 0 Å². The van der Waals surface area contributed by atoms with E-state index in [1.54, 1.807) is 18.8 Å². The summed E-state index contributed by atoms with van der Waals surface area (Å²) in [6, 6.07) is 0. The van der Waals surface area contributed by atoms with E-state index in [0.717, 1.165) is 51.4 Å². The molecule has 0 aromatic carbocycles. The lowest BCUT2D eigenvalue weighted by Gasteiger charge is -2.26. The summed E-state index contributed by atoms with van der Waals surface area (Å²) in [5.41, 5.74) is 0.0959. The number of nitriles is 3. The Morgan fingerprint density at radius 1 is 0.643 bits per heavy atom. The van der Waals surface area contributed by atoms with E-state index in [1.165, 1.54) is 18.2 Å². The number of isocyanates is 3. The maximum absolute atomic E-state index is 9.91. The molecular formula is C30H48N6O6. The number of nitrogens with zero attached hydrogens (tertiary/aromatic N) is 6. The van der Waals surface area contributed by atoms with E-state index in [0.29, 0.717) is 51.3 Å². The number of carbonyl (C=O) groups excluding carboxylic acids is 3. The normalized spacial score (nSPS) is 11.2. The van der Waals surface area contributed by atoms with Gasteiger partial charge in [0.2, 0.25) is 18.2 Å². The zero-order valence-electron chi connectivity index (χ0n) is 26.2. The molecule has 0 aromatic heterocycles. The molecule has 234 valence electrons. The molecule has 0 radical (unpaired) electrons. The summed E-state index contributed by atoms with van der Waals surface area (Å²) in [5, 5.41) is 24.6. The molecular weight excluding hydrogens is 540 g/mol. The summed E-state index contributed by atoms with van der Waals surface area (Å²) in [7, 11) is 0. The van der Waals surface area contributed by atoms with Crippen LogP contribution in [0.25, 0.3) is 0 Å². The fraction of sp³-hybridized carbons (Fsp3) is 0.800. The summed E-state index contributed by atoms with van der Waals surface area (Å²) in [6.45, 7) is 15.5. The van der Waals surface area contributed by atoms with Crippen LogP contribution < -0.4 is 0 Å². The Bertz CT molecular complexity index is 947. The van der Waals surface area contributed by atoms with E-state index < -0.39 is 0 Å². The van der Waals surface area contributed by atoms with Crippen molar-refractivity contribution in [2.45, 2.75) is 92.9 Å². The Morgan fingerprint density at radius 2 is 1.17 bits per heavy atom. The fourth-order valence-electron chi connectivity index (χ4n) is 4.16. The predicted molar refractivity (Wildman–Crippen MR) is 156 cm³/mol. The molecule has 2 unspecified atom stereocenters. The maximum atomic E-state index is 9.91. The number of ether oxygens (including phenoxy) is 3. The average Bonchev–Trinajstić information content (AvgIpc) is 2.93. The molecule has 0 saturated carbocycles. The third kappa shape index (κ3) is 36.0. The molecule has 0 aliphatic rings. The Morgan fingerprint density at radius 3 is 1.74 bits per heavy atom. The molecule has 0 spiro atoms. The van der Waals surface area contributed by atoms with Gasteiger partial charge in [0, 0.05) is 5.41 Å². The van der Waals surface area contributed by atoms with E-state index in [-0.39, 0.29) is 10.8 Å². The van der Waals surface area contributed by atoms with Crippen LogP contribution >= 0.6 is 0 Å². The highest BCUT2D eigenvalue weighted by Crippen LogP contribution is 2.29. The third-order valence-corrected chi connectivity index (χ3v) is 5.92. The van der Waals surface area contributed by atoms with E-state index in [9.17, 15) is 14.4 Å². The molecule has 0 heterocycles. The summed E-state index contributed by atoms with van der Waals surface area (Å²) in [6.07, 6.45) is 16.9. The smallest absolute Gasteiger partial charge is 0.286 e. The highest BCUT2D eigenvalue weighted by Gasteiger charge is 2.22. The van der Waals surface area contributed by atoms with Crippen LogP contribution in [-0.2, 0) is 28.6 Å². The van der Waals surface area contributed by atoms with Crippen LogP contribution in [0.4, 0.5) is 0 Å². The van der Waals surface area contributed by atoms with Crippen LogP contribution in [-0.4, -0.2) is 57.7 Å². The summed E-state index contributed by atoms with van der Waals surface area (Å²) in [4.78, 5) is 39.9. The number of hydrogen-bond acceptors (Lipinski definition) is 12. The van der Waals surface area contributed by atoms with E-state index >= 15 is 0 Å². The van der Waals surface area contributed by atoms with E-state index in [1.807, 2.05) is 6.92 Å². The molecule has 0 rings (SSSR count). The van der Waals surface area contributed by atoms with Gasteiger partial charge in [-0.15, -0.1) is 0 Å². The molecule has 12 nitrogen and oxygen atoms in total. The van der Waals surface area contributed by atoms with Gasteiger partial charge >= 0.3 is 0 Å². The minimum Gasteiger partial charge on any atom is -0.428 e. The van der Waals surface area contributed by atoms with Gasteiger partial charge in [0.25, 0.3) is 18.8 Å². The summed E-state index contributed by atoms with van der Waals surface area (Å²) < 4.78 is 13.9. The Hall–Kier alpha value is -3.99. The van der Waals surface area contributed by atoms with Gasteiger partial charge in [0.1, 0.15) is 19.8 Å². The van der Waals surface area contributed by atoms with Crippen molar-refractivity contribution < 1.29 is 28.6 Å². The second-order valence-corrected chi connectivity index (χ2v) is 11.5.